The van der Waals surface area contributed by atoms with Crippen LogP contribution in [0.5, 0.6) is 0 Å². The monoisotopic (exact) mass is 289 g/mol. The van der Waals surface area contributed by atoms with E-state index < -0.39 is 27.9 Å². The molecule has 1 saturated heterocycles. The minimum atomic E-state index is -4.64. The molecule has 20 heavy (non-hydrogen) atoms. The van der Waals surface area contributed by atoms with Gasteiger partial charge in [-0.05, 0) is 26.0 Å². The van der Waals surface area contributed by atoms with Gasteiger partial charge in [0.2, 0.25) is 0 Å². The van der Waals surface area contributed by atoms with E-state index in [1.807, 2.05) is 6.92 Å². The van der Waals surface area contributed by atoms with Gasteiger partial charge in [0, 0.05) is 29.9 Å². The fourth-order valence-corrected chi connectivity index (χ4v) is 2.24. The maximum atomic E-state index is 13.0. The lowest BCUT2D eigenvalue weighted by molar-refractivity contribution is -0.385. The molecule has 1 unspecified atom stereocenters. The van der Waals surface area contributed by atoms with E-state index in [-0.39, 0.29) is 5.69 Å². The summed E-state index contributed by atoms with van der Waals surface area (Å²) in [4.78, 5) is 9.77. The summed E-state index contributed by atoms with van der Waals surface area (Å²) >= 11 is 0. The van der Waals surface area contributed by atoms with E-state index in [2.05, 4.69) is 10.6 Å². The van der Waals surface area contributed by atoms with Crippen LogP contribution in [0.4, 0.5) is 24.5 Å². The van der Waals surface area contributed by atoms with Crippen molar-refractivity contribution < 1.29 is 18.1 Å². The number of nitro groups is 1. The van der Waals surface area contributed by atoms with Gasteiger partial charge in [0.05, 0.1) is 10.5 Å². The van der Waals surface area contributed by atoms with Gasteiger partial charge in [-0.1, -0.05) is 0 Å². The van der Waals surface area contributed by atoms with Crippen LogP contribution in [0.25, 0.3) is 0 Å². The fraction of sp³-hybridized carbons (Fsp3) is 0.500. The number of halogens is 3. The maximum absolute atomic E-state index is 13.0. The average molecular weight is 289 g/mol. The van der Waals surface area contributed by atoms with E-state index in [0.717, 1.165) is 18.7 Å². The molecular formula is C12H14F3N3O2. The zero-order valence-corrected chi connectivity index (χ0v) is 10.8. The van der Waals surface area contributed by atoms with Crippen molar-refractivity contribution >= 4 is 11.4 Å². The van der Waals surface area contributed by atoms with Gasteiger partial charge in [0.25, 0.3) is 5.69 Å². The highest BCUT2D eigenvalue weighted by molar-refractivity contribution is 5.58. The smallest absolute Gasteiger partial charge is 0.378 e. The molecular weight excluding hydrogens is 275 g/mol. The van der Waals surface area contributed by atoms with Crippen LogP contribution in [0.15, 0.2) is 18.2 Å². The van der Waals surface area contributed by atoms with Crippen molar-refractivity contribution in [3.05, 3.63) is 33.9 Å². The Morgan fingerprint density at radius 3 is 2.65 bits per heavy atom. The molecule has 0 saturated carbocycles. The molecule has 0 aromatic heterocycles. The third-order valence-electron chi connectivity index (χ3n) is 3.32. The highest BCUT2D eigenvalue weighted by atomic mass is 19.4. The van der Waals surface area contributed by atoms with Crippen molar-refractivity contribution in [2.75, 3.05) is 18.4 Å². The lowest BCUT2D eigenvalue weighted by Crippen LogP contribution is -2.37. The van der Waals surface area contributed by atoms with Crippen molar-refractivity contribution in [3.8, 4) is 0 Å². The summed E-state index contributed by atoms with van der Waals surface area (Å²) in [5.74, 6) is 0. The first kappa shape index (κ1) is 14.6. The molecule has 110 valence electrons. The van der Waals surface area contributed by atoms with E-state index in [1.54, 1.807) is 0 Å². The first-order chi connectivity index (χ1) is 9.21. The molecule has 1 fully saturated rings. The summed E-state index contributed by atoms with van der Waals surface area (Å²) in [7, 11) is 0. The van der Waals surface area contributed by atoms with Crippen LogP contribution in [0, 0.1) is 10.1 Å². The second-order valence-electron chi connectivity index (χ2n) is 5.10. The molecule has 1 aromatic carbocycles. The lowest BCUT2D eigenvalue weighted by atomic mass is 10.00. The predicted octanol–water partition coefficient (Wildman–Crippen LogP) is 2.78. The quantitative estimate of drug-likeness (QED) is 0.663. The molecule has 1 aliphatic heterocycles. The molecule has 1 aliphatic rings. The molecule has 0 spiro atoms. The fourth-order valence-electron chi connectivity index (χ4n) is 2.24. The van der Waals surface area contributed by atoms with Crippen LogP contribution >= 0.6 is 0 Å². The molecule has 2 N–H and O–H groups in total. The second kappa shape index (κ2) is 4.93. The zero-order chi connectivity index (χ0) is 15.0. The van der Waals surface area contributed by atoms with Crippen LogP contribution in [-0.4, -0.2) is 23.6 Å². The van der Waals surface area contributed by atoms with Crippen LogP contribution in [0.2, 0.25) is 0 Å². The number of nitro benzene ring substituents is 1. The van der Waals surface area contributed by atoms with Gasteiger partial charge >= 0.3 is 6.18 Å². The predicted molar refractivity (Wildman–Crippen MR) is 67.6 cm³/mol. The van der Waals surface area contributed by atoms with Crippen molar-refractivity contribution in [1.82, 2.24) is 5.32 Å². The van der Waals surface area contributed by atoms with Crippen LogP contribution < -0.4 is 10.6 Å². The normalized spacial score (nSPS) is 22.8. The number of anilines is 1. The molecule has 1 heterocycles. The number of hydrogen-bond acceptors (Lipinski definition) is 4. The van der Waals surface area contributed by atoms with E-state index in [4.69, 9.17) is 0 Å². The standard InChI is InChI=1S/C12H14F3N3O2/c1-11(4-5-16-7-11)17-10-3-2-8(18(19)20)6-9(10)12(13,14)15/h2-3,6,16-17H,4-5,7H2,1H3. The van der Waals surface area contributed by atoms with E-state index in [1.165, 1.54) is 0 Å². The summed E-state index contributed by atoms with van der Waals surface area (Å²) in [6, 6.07) is 2.75. The van der Waals surface area contributed by atoms with Gasteiger partial charge in [-0.15, -0.1) is 0 Å². The minimum absolute atomic E-state index is 0.130. The summed E-state index contributed by atoms with van der Waals surface area (Å²) in [6.07, 6.45) is -3.96. The Balaban J connectivity index is 2.39. The SMILES string of the molecule is CC1(Nc2ccc([N+](=O)[O-])cc2C(F)(F)F)CCNC1. The summed E-state index contributed by atoms with van der Waals surface area (Å²) < 4.78 is 39.0. The van der Waals surface area contributed by atoms with E-state index >= 15 is 0 Å². The molecule has 1 aromatic rings. The molecule has 0 bridgehead atoms. The van der Waals surface area contributed by atoms with Gasteiger partial charge in [-0.3, -0.25) is 10.1 Å². The number of alkyl halides is 3. The van der Waals surface area contributed by atoms with Gasteiger partial charge in [0.15, 0.2) is 0 Å². The Bertz CT molecular complexity index is 525. The van der Waals surface area contributed by atoms with Gasteiger partial charge < -0.3 is 10.6 Å². The first-order valence-electron chi connectivity index (χ1n) is 6.06. The first-order valence-corrected chi connectivity index (χ1v) is 6.06. The zero-order valence-electron chi connectivity index (χ0n) is 10.8. The molecule has 2 rings (SSSR count). The number of benzene rings is 1. The third kappa shape index (κ3) is 3.01. The highest BCUT2D eigenvalue weighted by Gasteiger charge is 2.37. The second-order valence-corrected chi connectivity index (χ2v) is 5.10. The number of non-ortho nitro benzene ring substituents is 1. The molecule has 0 radical (unpaired) electrons. The Kier molecular flexibility index (Phi) is 3.59. The Morgan fingerprint density at radius 1 is 1.45 bits per heavy atom. The van der Waals surface area contributed by atoms with Gasteiger partial charge in [-0.2, -0.15) is 13.2 Å². The van der Waals surface area contributed by atoms with Crippen LogP contribution in [0.1, 0.15) is 18.9 Å². The maximum Gasteiger partial charge on any atom is 0.418 e. The van der Waals surface area contributed by atoms with Gasteiger partial charge in [0.1, 0.15) is 0 Å². The molecule has 0 amide bonds. The van der Waals surface area contributed by atoms with Crippen molar-refractivity contribution in [1.29, 1.82) is 0 Å². The minimum Gasteiger partial charge on any atom is -0.378 e. The Hall–Kier alpha value is -1.83. The Morgan fingerprint density at radius 2 is 2.15 bits per heavy atom. The molecule has 1 atom stereocenters. The highest BCUT2D eigenvalue weighted by Crippen LogP contribution is 2.38. The number of nitrogens with zero attached hydrogens (tertiary/aromatic N) is 1. The summed E-state index contributed by atoms with van der Waals surface area (Å²) in [5, 5.41) is 16.5. The number of nitrogens with one attached hydrogen (secondary N) is 2. The average Bonchev–Trinajstić information content (AvgIpc) is 2.74. The van der Waals surface area contributed by atoms with Crippen molar-refractivity contribution in [2.45, 2.75) is 25.1 Å². The molecule has 0 aliphatic carbocycles. The largest absolute Gasteiger partial charge is 0.418 e. The Labute approximate surface area is 113 Å². The van der Waals surface area contributed by atoms with Crippen molar-refractivity contribution in [3.63, 3.8) is 0 Å². The molecule has 8 heteroatoms. The number of rotatable bonds is 3. The van der Waals surface area contributed by atoms with Crippen LogP contribution in [-0.2, 0) is 6.18 Å². The third-order valence-corrected chi connectivity index (χ3v) is 3.32. The van der Waals surface area contributed by atoms with Crippen LogP contribution in [0.3, 0.4) is 0 Å². The van der Waals surface area contributed by atoms with E-state index in [0.29, 0.717) is 19.0 Å². The van der Waals surface area contributed by atoms with Crippen molar-refractivity contribution in [2.24, 2.45) is 0 Å². The summed E-state index contributed by atoms with van der Waals surface area (Å²) in [6.45, 7) is 3.08. The summed E-state index contributed by atoms with van der Waals surface area (Å²) in [5.41, 5.74) is -2.21. The number of hydrogen-bond donors (Lipinski definition) is 2. The topological polar surface area (TPSA) is 67.2 Å². The van der Waals surface area contributed by atoms with E-state index in [9.17, 15) is 23.3 Å². The lowest BCUT2D eigenvalue weighted by Gasteiger charge is -2.27. The van der Waals surface area contributed by atoms with Gasteiger partial charge in [-0.25, -0.2) is 0 Å². The molecule has 5 nitrogen and oxygen atoms in total.